The number of thioether (sulfide) groups is 1. The first-order valence-corrected chi connectivity index (χ1v) is 4.44. The number of amidine groups is 1. The van der Waals surface area contributed by atoms with Crippen LogP contribution in [0.25, 0.3) is 0 Å². The van der Waals surface area contributed by atoms with Crippen LogP contribution in [0.1, 0.15) is 6.42 Å². The van der Waals surface area contributed by atoms with E-state index < -0.39 is 0 Å². The van der Waals surface area contributed by atoms with E-state index in [0.29, 0.717) is 0 Å². The normalized spacial score (nSPS) is 17.8. The molecule has 1 aliphatic rings. The fourth-order valence-corrected chi connectivity index (χ4v) is 1.56. The molecule has 0 unspecified atom stereocenters. The molecular formula is C7H12N2S. The zero-order chi connectivity index (χ0) is 7.23. The standard InChI is InChI=1S/C7H12N2S/c1-2-4-8-7-9-5-3-6-10-7/h2H,1,3-6H2,(H,8,9). The van der Waals surface area contributed by atoms with Crippen LogP contribution in [0.3, 0.4) is 0 Å². The SMILES string of the molecule is C=CCNC1=NCCCS1. The van der Waals surface area contributed by atoms with Crippen molar-refractivity contribution in [1.29, 1.82) is 0 Å². The molecular weight excluding hydrogens is 144 g/mol. The molecule has 0 saturated carbocycles. The number of aliphatic imine (C=N–C) groups is 1. The van der Waals surface area contributed by atoms with Crippen molar-refractivity contribution in [2.45, 2.75) is 6.42 Å². The van der Waals surface area contributed by atoms with Crippen molar-refractivity contribution in [3.8, 4) is 0 Å². The van der Waals surface area contributed by atoms with Crippen molar-refractivity contribution >= 4 is 16.9 Å². The van der Waals surface area contributed by atoms with Gasteiger partial charge in [-0.25, -0.2) is 0 Å². The van der Waals surface area contributed by atoms with Crippen LogP contribution in [0.2, 0.25) is 0 Å². The summed E-state index contributed by atoms with van der Waals surface area (Å²) in [6.07, 6.45) is 3.06. The first-order chi connectivity index (χ1) is 4.93. The number of hydrogen-bond acceptors (Lipinski definition) is 3. The van der Waals surface area contributed by atoms with Gasteiger partial charge in [0.05, 0.1) is 0 Å². The Bertz CT molecular complexity index is 143. The molecule has 2 nitrogen and oxygen atoms in total. The molecule has 10 heavy (non-hydrogen) atoms. The van der Waals surface area contributed by atoms with Crippen LogP contribution in [-0.2, 0) is 0 Å². The Labute approximate surface area is 65.8 Å². The summed E-state index contributed by atoms with van der Waals surface area (Å²) >= 11 is 1.79. The lowest BCUT2D eigenvalue weighted by atomic mass is 10.5. The number of rotatable bonds is 2. The van der Waals surface area contributed by atoms with Crippen LogP contribution in [-0.4, -0.2) is 24.0 Å². The van der Waals surface area contributed by atoms with Crippen molar-refractivity contribution in [1.82, 2.24) is 5.32 Å². The maximum Gasteiger partial charge on any atom is 0.156 e. The highest BCUT2D eigenvalue weighted by atomic mass is 32.2. The van der Waals surface area contributed by atoms with Crippen LogP contribution < -0.4 is 5.32 Å². The second kappa shape index (κ2) is 4.39. The summed E-state index contributed by atoms with van der Waals surface area (Å²) in [6, 6.07) is 0. The highest BCUT2D eigenvalue weighted by Gasteiger charge is 2.02. The summed E-state index contributed by atoms with van der Waals surface area (Å²) in [5, 5.41) is 4.24. The van der Waals surface area contributed by atoms with E-state index in [4.69, 9.17) is 0 Å². The molecule has 0 aromatic heterocycles. The second-order valence-corrected chi connectivity index (χ2v) is 3.14. The zero-order valence-corrected chi connectivity index (χ0v) is 6.78. The Balaban J connectivity index is 2.24. The van der Waals surface area contributed by atoms with Crippen LogP contribution in [0.15, 0.2) is 17.6 Å². The monoisotopic (exact) mass is 156 g/mol. The van der Waals surface area contributed by atoms with Crippen LogP contribution in [0.5, 0.6) is 0 Å². The summed E-state index contributed by atoms with van der Waals surface area (Å²) in [7, 11) is 0. The van der Waals surface area contributed by atoms with E-state index >= 15 is 0 Å². The number of hydrogen-bond donors (Lipinski definition) is 1. The average molecular weight is 156 g/mol. The van der Waals surface area contributed by atoms with E-state index in [2.05, 4.69) is 16.9 Å². The lowest BCUT2D eigenvalue weighted by molar-refractivity contribution is 0.916. The molecule has 0 spiro atoms. The van der Waals surface area contributed by atoms with Gasteiger partial charge >= 0.3 is 0 Å². The van der Waals surface area contributed by atoms with Crippen molar-refractivity contribution in [3.63, 3.8) is 0 Å². The van der Waals surface area contributed by atoms with Gasteiger partial charge in [-0.2, -0.15) is 0 Å². The van der Waals surface area contributed by atoms with E-state index in [-0.39, 0.29) is 0 Å². The quantitative estimate of drug-likeness (QED) is 0.609. The van der Waals surface area contributed by atoms with Gasteiger partial charge in [-0.1, -0.05) is 17.8 Å². The van der Waals surface area contributed by atoms with Crippen molar-refractivity contribution in [2.75, 3.05) is 18.8 Å². The Morgan fingerprint density at radius 1 is 1.80 bits per heavy atom. The molecule has 1 aliphatic heterocycles. The van der Waals surface area contributed by atoms with Gasteiger partial charge in [0, 0.05) is 18.8 Å². The fraction of sp³-hybridized carbons (Fsp3) is 0.571. The van der Waals surface area contributed by atoms with Crippen LogP contribution in [0.4, 0.5) is 0 Å². The van der Waals surface area contributed by atoms with Crippen molar-refractivity contribution in [3.05, 3.63) is 12.7 Å². The predicted molar refractivity (Wildman–Crippen MR) is 47.6 cm³/mol. The molecule has 0 aromatic carbocycles. The van der Waals surface area contributed by atoms with Crippen molar-refractivity contribution in [2.24, 2.45) is 4.99 Å². The zero-order valence-electron chi connectivity index (χ0n) is 5.97. The molecule has 56 valence electrons. The van der Waals surface area contributed by atoms with Gasteiger partial charge < -0.3 is 5.32 Å². The first-order valence-electron chi connectivity index (χ1n) is 3.45. The summed E-state index contributed by atoms with van der Waals surface area (Å²) < 4.78 is 0. The highest BCUT2D eigenvalue weighted by molar-refractivity contribution is 8.13. The Hall–Kier alpha value is -0.440. The fourth-order valence-electron chi connectivity index (χ4n) is 0.726. The second-order valence-electron chi connectivity index (χ2n) is 2.06. The van der Waals surface area contributed by atoms with Gasteiger partial charge in [0.15, 0.2) is 5.17 Å². The minimum atomic E-state index is 0.825. The van der Waals surface area contributed by atoms with E-state index in [1.54, 1.807) is 11.8 Å². The van der Waals surface area contributed by atoms with Crippen LogP contribution in [0, 0.1) is 0 Å². The molecule has 0 aromatic rings. The molecule has 0 fully saturated rings. The number of nitrogens with zero attached hydrogens (tertiary/aromatic N) is 1. The highest BCUT2D eigenvalue weighted by Crippen LogP contribution is 2.09. The molecule has 3 heteroatoms. The Morgan fingerprint density at radius 2 is 2.70 bits per heavy atom. The van der Waals surface area contributed by atoms with E-state index in [1.165, 1.54) is 12.2 Å². The van der Waals surface area contributed by atoms with Gasteiger partial charge in [-0.15, -0.1) is 6.58 Å². The third-order valence-electron chi connectivity index (χ3n) is 1.19. The lowest BCUT2D eigenvalue weighted by Crippen LogP contribution is -2.23. The van der Waals surface area contributed by atoms with Gasteiger partial charge in [-0.05, 0) is 6.42 Å². The maximum absolute atomic E-state index is 4.29. The minimum absolute atomic E-state index is 0.825. The van der Waals surface area contributed by atoms with Gasteiger partial charge in [0.1, 0.15) is 0 Å². The summed E-state index contributed by atoms with van der Waals surface area (Å²) in [4.78, 5) is 4.29. The molecule has 0 aliphatic carbocycles. The molecule has 1 N–H and O–H groups in total. The topological polar surface area (TPSA) is 24.4 Å². The van der Waals surface area contributed by atoms with Gasteiger partial charge in [0.2, 0.25) is 0 Å². The van der Waals surface area contributed by atoms with Gasteiger partial charge in [0.25, 0.3) is 0 Å². The Morgan fingerprint density at radius 3 is 3.30 bits per heavy atom. The molecule has 0 radical (unpaired) electrons. The van der Waals surface area contributed by atoms with E-state index in [0.717, 1.165) is 18.3 Å². The lowest BCUT2D eigenvalue weighted by Gasteiger charge is -2.11. The molecule has 1 heterocycles. The molecule has 0 saturated heterocycles. The largest absolute Gasteiger partial charge is 0.361 e. The molecule has 0 bridgehead atoms. The minimum Gasteiger partial charge on any atom is -0.361 e. The van der Waals surface area contributed by atoms with Crippen molar-refractivity contribution < 1.29 is 0 Å². The van der Waals surface area contributed by atoms with Crippen LogP contribution >= 0.6 is 11.8 Å². The molecule has 1 rings (SSSR count). The number of nitrogens with one attached hydrogen (secondary N) is 1. The third-order valence-corrected chi connectivity index (χ3v) is 2.23. The summed E-state index contributed by atoms with van der Waals surface area (Å²) in [6.45, 7) is 5.42. The average Bonchev–Trinajstić information content (AvgIpc) is 2.03. The van der Waals surface area contributed by atoms with Gasteiger partial charge in [-0.3, -0.25) is 4.99 Å². The van der Waals surface area contributed by atoms with E-state index in [9.17, 15) is 0 Å². The first kappa shape index (κ1) is 7.66. The smallest absolute Gasteiger partial charge is 0.156 e. The Kier molecular flexibility index (Phi) is 3.36. The molecule has 0 amide bonds. The summed E-state index contributed by atoms with van der Waals surface area (Å²) in [5.41, 5.74) is 0. The third kappa shape index (κ3) is 2.43. The maximum atomic E-state index is 4.29. The molecule has 0 atom stereocenters. The van der Waals surface area contributed by atoms with E-state index in [1.807, 2.05) is 6.08 Å². The predicted octanol–water partition coefficient (Wildman–Crippen LogP) is 1.25. The summed E-state index contributed by atoms with van der Waals surface area (Å²) in [5.74, 6) is 1.20.